The third kappa shape index (κ3) is 6.74. The van der Waals surface area contributed by atoms with Crippen molar-refractivity contribution >= 4 is 29.8 Å². The fraction of sp³-hybridized carbons (Fsp3) is 0.278. The Balaban J connectivity index is 2.79. The molecule has 1 aromatic carbocycles. The fourth-order valence-corrected chi connectivity index (χ4v) is 1.90. The Labute approximate surface area is 137 Å². The average molecular weight is 312 g/mol. The summed E-state index contributed by atoms with van der Waals surface area (Å²) in [6.07, 6.45) is 5.39. The van der Waals surface area contributed by atoms with Crippen LogP contribution < -0.4 is 5.32 Å². The van der Waals surface area contributed by atoms with Crippen LogP contribution in [-0.4, -0.2) is 31.6 Å². The molecule has 0 aliphatic rings. The van der Waals surface area contributed by atoms with E-state index in [1.54, 1.807) is 6.08 Å². The predicted molar refractivity (Wildman–Crippen MR) is 99.0 cm³/mol. The zero-order chi connectivity index (χ0) is 17.1. The van der Waals surface area contributed by atoms with Crippen LogP contribution in [-0.2, 0) is 4.74 Å². The molecule has 0 fully saturated rings. The van der Waals surface area contributed by atoms with Gasteiger partial charge in [0.15, 0.2) is 6.40 Å². The number of ether oxygens (including phenoxy) is 1. The topological polar surface area (TPSA) is 81.3 Å². The second-order valence-electron chi connectivity index (χ2n) is 4.97. The molecule has 0 aromatic heterocycles. The van der Waals surface area contributed by atoms with Gasteiger partial charge in [-0.25, -0.2) is 0 Å². The van der Waals surface area contributed by atoms with Gasteiger partial charge in [-0.2, -0.15) is 0 Å². The van der Waals surface area contributed by atoms with Crippen LogP contribution >= 0.6 is 0 Å². The molecular formula is C18H24N4O. The second-order valence-corrected chi connectivity index (χ2v) is 4.97. The lowest BCUT2D eigenvalue weighted by Crippen LogP contribution is -2.06. The third-order valence-electron chi connectivity index (χ3n) is 2.89. The summed E-state index contributed by atoms with van der Waals surface area (Å²) in [6.45, 7) is 9.27. The van der Waals surface area contributed by atoms with Crippen molar-refractivity contribution in [3.05, 3.63) is 48.1 Å². The van der Waals surface area contributed by atoms with E-state index in [0.717, 1.165) is 42.7 Å². The van der Waals surface area contributed by atoms with E-state index in [4.69, 9.17) is 15.6 Å². The molecule has 0 aliphatic carbocycles. The van der Waals surface area contributed by atoms with Crippen LogP contribution in [0.15, 0.2) is 47.5 Å². The van der Waals surface area contributed by atoms with Crippen LogP contribution in [0.4, 0.5) is 5.69 Å². The number of hydrogen-bond donors (Lipinski definition) is 3. The summed E-state index contributed by atoms with van der Waals surface area (Å²) in [5.41, 5.74) is 3.25. The quantitative estimate of drug-likeness (QED) is 0.277. The van der Waals surface area contributed by atoms with E-state index in [1.165, 1.54) is 0 Å². The van der Waals surface area contributed by atoms with Crippen LogP contribution in [0.25, 0.3) is 5.57 Å². The van der Waals surface area contributed by atoms with Crippen LogP contribution in [0.2, 0.25) is 0 Å². The van der Waals surface area contributed by atoms with Crippen molar-refractivity contribution in [2.45, 2.75) is 20.3 Å². The standard InChI is InChI=1S/C18H24N4O/c1-4-9-21-10-11-22-16-7-5-15(6-8-16)17(12-14(2)3)18(20)23-13-19/h5-9,12-13,19-20,22H,2,4,10-11H2,1,3H3. The molecule has 1 rings (SSSR count). The SMILES string of the molecule is C=C(C)C=C(C(=N)OC=N)c1ccc(NCCN=CCC)cc1. The molecule has 5 heteroatoms. The largest absolute Gasteiger partial charge is 0.428 e. The van der Waals surface area contributed by atoms with Gasteiger partial charge >= 0.3 is 0 Å². The highest BCUT2D eigenvalue weighted by atomic mass is 16.5. The molecular weight excluding hydrogens is 288 g/mol. The van der Waals surface area contributed by atoms with Crippen molar-refractivity contribution < 1.29 is 4.74 Å². The number of benzene rings is 1. The number of nitrogens with zero attached hydrogens (tertiary/aromatic N) is 1. The van der Waals surface area contributed by atoms with Crippen molar-refractivity contribution in [3.63, 3.8) is 0 Å². The molecule has 0 amide bonds. The maximum absolute atomic E-state index is 7.89. The monoisotopic (exact) mass is 312 g/mol. The molecule has 0 atom stereocenters. The van der Waals surface area contributed by atoms with E-state index in [2.05, 4.69) is 23.8 Å². The average Bonchev–Trinajstić information content (AvgIpc) is 2.53. The minimum atomic E-state index is -0.0717. The van der Waals surface area contributed by atoms with E-state index in [0.29, 0.717) is 5.57 Å². The predicted octanol–water partition coefficient (Wildman–Crippen LogP) is 4.14. The number of rotatable bonds is 9. The van der Waals surface area contributed by atoms with Crippen LogP contribution in [0, 0.1) is 10.8 Å². The van der Waals surface area contributed by atoms with E-state index < -0.39 is 0 Å². The summed E-state index contributed by atoms with van der Waals surface area (Å²) in [5.74, 6) is -0.0717. The van der Waals surface area contributed by atoms with Crippen molar-refractivity contribution in [1.82, 2.24) is 0 Å². The number of aliphatic imine (C=N–C) groups is 1. The van der Waals surface area contributed by atoms with Crippen molar-refractivity contribution in [3.8, 4) is 0 Å². The Morgan fingerprint density at radius 2 is 2.04 bits per heavy atom. The minimum Gasteiger partial charge on any atom is -0.428 e. The second kappa shape index (κ2) is 10.1. The van der Waals surface area contributed by atoms with Gasteiger partial charge in [-0.3, -0.25) is 15.8 Å². The molecule has 122 valence electrons. The van der Waals surface area contributed by atoms with Gasteiger partial charge in [-0.1, -0.05) is 31.2 Å². The minimum absolute atomic E-state index is 0.0717. The molecule has 0 bridgehead atoms. The number of anilines is 1. The molecule has 0 heterocycles. The normalized spacial score (nSPS) is 11.3. The highest BCUT2D eigenvalue weighted by molar-refractivity contribution is 6.20. The first-order chi connectivity index (χ1) is 11.1. The summed E-state index contributed by atoms with van der Waals surface area (Å²) in [5, 5.41) is 18.2. The highest BCUT2D eigenvalue weighted by Gasteiger charge is 2.09. The Morgan fingerprint density at radius 3 is 2.61 bits per heavy atom. The van der Waals surface area contributed by atoms with Crippen LogP contribution in [0.1, 0.15) is 25.8 Å². The molecule has 0 saturated carbocycles. The van der Waals surface area contributed by atoms with Crippen LogP contribution in [0.3, 0.4) is 0 Å². The Morgan fingerprint density at radius 1 is 1.35 bits per heavy atom. The fourth-order valence-electron chi connectivity index (χ4n) is 1.90. The van der Waals surface area contributed by atoms with Crippen molar-refractivity contribution in [2.24, 2.45) is 4.99 Å². The third-order valence-corrected chi connectivity index (χ3v) is 2.89. The van der Waals surface area contributed by atoms with E-state index in [9.17, 15) is 0 Å². The maximum Gasteiger partial charge on any atom is 0.221 e. The Hall–Kier alpha value is -2.69. The van der Waals surface area contributed by atoms with Gasteiger partial charge in [0.1, 0.15) is 0 Å². The Bertz CT molecular complexity index is 600. The molecule has 0 aliphatic heterocycles. The van der Waals surface area contributed by atoms with Gasteiger partial charge in [0.2, 0.25) is 5.90 Å². The maximum atomic E-state index is 7.89. The molecule has 0 unspecified atom stereocenters. The van der Waals surface area contributed by atoms with Gasteiger partial charge < -0.3 is 10.1 Å². The lowest BCUT2D eigenvalue weighted by molar-refractivity contribution is 0.567. The highest BCUT2D eigenvalue weighted by Crippen LogP contribution is 2.20. The summed E-state index contributed by atoms with van der Waals surface area (Å²) in [4.78, 5) is 4.25. The first kappa shape index (κ1) is 18.4. The first-order valence-electron chi connectivity index (χ1n) is 7.52. The Kier molecular flexibility index (Phi) is 8.07. The van der Waals surface area contributed by atoms with Crippen LogP contribution in [0.5, 0.6) is 0 Å². The summed E-state index contributed by atoms with van der Waals surface area (Å²) < 4.78 is 4.88. The van der Waals surface area contributed by atoms with Gasteiger partial charge in [0.05, 0.1) is 6.54 Å². The zero-order valence-corrected chi connectivity index (χ0v) is 13.7. The molecule has 5 nitrogen and oxygen atoms in total. The van der Waals surface area contributed by atoms with E-state index in [1.807, 2.05) is 37.4 Å². The molecule has 23 heavy (non-hydrogen) atoms. The smallest absolute Gasteiger partial charge is 0.221 e. The molecule has 1 aromatic rings. The zero-order valence-electron chi connectivity index (χ0n) is 13.7. The lowest BCUT2D eigenvalue weighted by Gasteiger charge is -2.10. The number of hydrogen-bond acceptors (Lipinski definition) is 5. The van der Waals surface area contributed by atoms with E-state index in [-0.39, 0.29) is 5.90 Å². The molecule has 0 saturated heterocycles. The molecule has 0 radical (unpaired) electrons. The van der Waals surface area contributed by atoms with Gasteiger partial charge in [-0.05, 0) is 43.3 Å². The van der Waals surface area contributed by atoms with Gasteiger partial charge in [0.25, 0.3) is 0 Å². The summed E-state index contributed by atoms with van der Waals surface area (Å²) in [6, 6.07) is 7.72. The van der Waals surface area contributed by atoms with Gasteiger partial charge in [-0.15, -0.1) is 0 Å². The first-order valence-corrected chi connectivity index (χ1v) is 7.52. The molecule has 0 spiro atoms. The summed E-state index contributed by atoms with van der Waals surface area (Å²) >= 11 is 0. The van der Waals surface area contributed by atoms with Crippen molar-refractivity contribution in [2.75, 3.05) is 18.4 Å². The number of allylic oxidation sites excluding steroid dienone is 2. The number of nitrogens with one attached hydrogen (secondary N) is 3. The molecule has 3 N–H and O–H groups in total. The van der Waals surface area contributed by atoms with Gasteiger partial charge in [0, 0.05) is 17.8 Å². The van der Waals surface area contributed by atoms with E-state index >= 15 is 0 Å². The lowest BCUT2D eigenvalue weighted by atomic mass is 10.0. The summed E-state index contributed by atoms with van der Waals surface area (Å²) in [7, 11) is 0. The van der Waals surface area contributed by atoms with Crippen molar-refractivity contribution in [1.29, 1.82) is 10.8 Å².